The van der Waals surface area contributed by atoms with Crippen molar-refractivity contribution in [1.82, 2.24) is 10.2 Å². The number of nitrogens with two attached hydrogens (primary N) is 1. The topological polar surface area (TPSA) is 101 Å². The van der Waals surface area contributed by atoms with Gasteiger partial charge in [-0.15, -0.1) is 0 Å². The summed E-state index contributed by atoms with van der Waals surface area (Å²) in [5, 5.41) is 6.47. The molecule has 0 aliphatic rings. The Bertz CT molecular complexity index is 647. The monoisotopic (exact) mass is 280 g/mol. The lowest BCUT2D eigenvalue weighted by molar-refractivity contribution is 0.600. The summed E-state index contributed by atoms with van der Waals surface area (Å²) in [4.78, 5) is 0. The Morgan fingerprint density at radius 1 is 1.32 bits per heavy atom. The van der Waals surface area contributed by atoms with Crippen molar-refractivity contribution in [2.75, 3.05) is 10.5 Å². The van der Waals surface area contributed by atoms with Gasteiger partial charge in [0.15, 0.2) is 0 Å². The fourth-order valence-electron chi connectivity index (χ4n) is 1.69. The normalized spacial score (nSPS) is 11.4. The van der Waals surface area contributed by atoms with E-state index in [0.717, 1.165) is 5.56 Å². The number of aromatic nitrogens is 2. The van der Waals surface area contributed by atoms with Gasteiger partial charge in [0.05, 0.1) is 11.9 Å². The number of nitrogens with one attached hydrogen (secondary N) is 2. The third kappa shape index (κ3) is 3.47. The quantitative estimate of drug-likeness (QED) is 0.722. The Hall–Kier alpha value is -2.02. The van der Waals surface area contributed by atoms with E-state index in [1.165, 1.54) is 0 Å². The van der Waals surface area contributed by atoms with Crippen LogP contribution in [0.5, 0.6) is 0 Å². The van der Waals surface area contributed by atoms with E-state index < -0.39 is 10.0 Å². The summed E-state index contributed by atoms with van der Waals surface area (Å²) in [6, 6.07) is 6.75. The molecule has 0 amide bonds. The van der Waals surface area contributed by atoms with Crippen LogP contribution in [0, 0.1) is 0 Å². The van der Waals surface area contributed by atoms with Gasteiger partial charge in [0.1, 0.15) is 5.82 Å². The summed E-state index contributed by atoms with van der Waals surface area (Å²) < 4.78 is 26.6. The Labute approximate surface area is 112 Å². The fraction of sp³-hybridized carbons (Fsp3) is 0.250. The second kappa shape index (κ2) is 5.31. The molecule has 0 aliphatic carbocycles. The van der Waals surface area contributed by atoms with Crippen LogP contribution in [0.4, 0.5) is 11.5 Å². The number of aromatic amines is 1. The van der Waals surface area contributed by atoms with Crippen molar-refractivity contribution in [3.8, 4) is 0 Å². The highest BCUT2D eigenvalue weighted by molar-refractivity contribution is 7.91. The lowest BCUT2D eigenvalue weighted by Crippen LogP contribution is -2.16. The molecular weight excluding hydrogens is 264 g/mol. The predicted octanol–water partition coefficient (Wildman–Crippen LogP) is 1.50. The first-order chi connectivity index (χ1) is 9.00. The number of hydrogen-bond acceptors (Lipinski definition) is 4. The Morgan fingerprint density at radius 3 is 2.63 bits per heavy atom. The van der Waals surface area contributed by atoms with Gasteiger partial charge in [0, 0.05) is 11.3 Å². The maximum atomic E-state index is 12.0. The van der Waals surface area contributed by atoms with Crippen molar-refractivity contribution in [2.45, 2.75) is 19.1 Å². The van der Waals surface area contributed by atoms with Gasteiger partial charge in [0.25, 0.3) is 0 Å². The number of nitrogen functional groups attached to an aromatic ring is 1. The smallest absolute Gasteiger partial charge is 0.238 e. The van der Waals surface area contributed by atoms with Crippen molar-refractivity contribution in [1.29, 1.82) is 0 Å². The highest BCUT2D eigenvalue weighted by Gasteiger charge is 2.14. The zero-order valence-electron chi connectivity index (χ0n) is 10.6. The molecule has 0 saturated carbocycles. The number of hydrogen-bond donors (Lipinski definition) is 3. The highest BCUT2D eigenvalue weighted by atomic mass is 32.2. The lowest BCUT2D eigenvalue weighted by atomic mass is 10.2. The van der Waals surface area contributed by atoms with Gasteiger partial charge in [-0.05, 0) is 24.1 Å². The molecule has 1 aromatic heterocycles. The van der Waals surface area contributed by atoms with E-state index >= 15 is 0 Å². The van der Waals surface area contributed by atoms with Crippen LogP contribution >= 0.6 is 0 Å². The second-order valence-corrected chi connectivity index (χ2v) is 5.95. The van der Waals surface area contributed by atoms with Crippen molar-refractivity contribution >= 4 is 21.5 Å². The summed E-state index contributed by atoms with van der Waals surface area (Å²) in [5.41, 5.74) is 7.68. The summed E-state index contributed by atoms with van der Waals surface area (Å²) in [5.74, 6) is 0.327. The van der Waals surface area contributed by atoms with Gasteiger partial charge in [-0.2, -0.15) is 5.10 Å². The molecular formula is C12H16N4O2S. The first-order valence-corrected chi connectivity index (χ1v) is 7.52. The fourth-order valence-corrected chi connectivity index (χ4v) is 2.88. The van der Waals surface area contributed by atoms with Gasteiger partial charge in [0.2, 0.25) is 10.0 Å². The predicted molar refractivity (Wildman–Crippen MR) is 75.1 cm³/mol. The largest absolute Gasteiger partial charge is 0.399 e. The van der Waals surface area contributed by atoms with Crippen LogP contribution in [-0.4, -0.2) is 18.6 Å². The average molecular weight is 280 g/mol. The highest BCUT2D eigenvalue weighted by Crippen LogP contribution is 2.16. The maximum absolute atomic E-state index is 12.0. The van der Waals surface area contributed by atoms with E-state index in [0.29, 0.717) is 23.5 Å². The molecule has 1 aromatic carbocycles. The number of rotatable bonds is 5. The molecule has 0 bridgehead atoms. The molecule has 2 aromatic rings. The summed E-state index contributed by atoms with van der Waals surface area (Å²) in [7, 11) is -3.47. The third-order valence-electron chi connectivity index (χ3n) is 2.69. The molecule has 0 radical (unpaired) electrons. The number of H-pyrrole nitrogens is 1. The van der Waals surface area contributed by atoms with Crippen molar-refractivity contribution in [3.63, 3.8) is 0 Å². The Balaban J connectivity index is 2.13. The van der Waals surface area contributed by atoms with Crippen LogP contribution in [0.1, 0.15) is 18.1 Å². The summed E-state index contributed by atoms with van der Waals surface area (Å²) in [6.07, 6.45) is 2.32. The zero-order chi connectivity index (χ0) is 13.9. The minimum atomic E-state index is -3.47. The molecule has 7 heteroatoms. The molecule has 0 spiro atoms. The van der Waals surface area contributed by atoms with Crippen LogP contribution < -0.4 is 10.5 Å². The van der Waals surface area contributed by atoms with Gasteiger partial charge in [-0.25, -0.2) is 8.42 Å². The average Bonchev–Trinajstić information content (AvgIpc) is 2.78. The standard InChI is InChI=1S/C12H16N4O2S/c1-2-10-7-14-15-12(10)16-19(17,18)8-9-3-5-11(13)6-4-9/h3-7H,2,8,13H2,1H3,(H2,14,15,16). The third-order valence-corrected chi connectivity index (χ3v) is 3.92. The van der Waals surface area contributed by atoms with Gasteiger partial charge in [-0.3, -0.25) is 9.82 Å². The van der Waals surface area contributed by atoms with Gasteiger partial charge in [-0.1, -0.05) is 19.1 Å². The van der Waals surface area contributed by atoms with Gasteiger partial charge < -0.3 is 5.73 Å². The molecule has 0 fully saturated rings. The lowest BCUT2D eigenvalue weighted by Gasteiger charge is -2.07. The van der Waals surface area contributed by atoms with Crippen LogP contribution in [0.15, 0.2) is 30.5 Å². The van der Waals surface area contributed by atoms with Crippen molar-refractivity contribution in [3.05, 3.63) is 41.6 Å². The van der Waals surface area contributed by atoms with E-state index in [4.69, 9.17) is 5.73 Å². The van der Waals surface area contributed by atoms with Crippen LogP contribution in [-0.2, 0) is 22.2 Å². The zero-order valence-corrected chi connectivity index (χ0v) is 11.4. The van der Waals surface area contributed by atoms with E-state index in [1.54, 1.807) is 30.5 Å². The minimum Gasteiger partial charge on any atom is -0.399 e. The Kier molecular flexibility index (Phi) is 3.75. The van der Waals surface area contributed by atoms with Crippen molar-refractivity contribution in [2.24, 2.45) is 0 Å². The number of aryl methyl sites for hydroxylation is 1. The van der Waals surface area contributed by atoms with Crippen LogP contribution in [0.25, 0.3) is 0 Å². The van der Waals surface area contributed by atoms with Crippen LogP contribution in [0.2, 0.25) is 0 Å². The molecule has 19 heavy (non-hydrogen) atoms. The molecule has 0 atom stereocenters. The number of anilines is 2. The van der Waals surface area contributed by atoms with Crippen molar-refractivity contribution < 1.29 is 8.42 Å². The Morgan fingerprint density at radius 2 is 2.00 bits per heavy atom. The SMILES string of the molecule is CCc1cn[nH]c1NS(=O)(=O)Cc1ccc(N)cc1. The first kappa shape index (κ1) is 13.4. The number of sulfonamides is 1. The van der Waals surface area contributed by atoms with E-state index in [-0.39, 0.29) is 5.75 Å². The number of nitrogens with zero attached hydrogens (tertiary/aromatic N) is 1. The molecule has 2 rings (SSSR count). The second-order valence-electron chi connectivity index (χ2n) is 4.23. The first-order valence-electron chi connectivity index (χ1n) is 5.87. The van der Waals surface area contributed by atoms with Gasteiger partial charge >= 0.3 is 0 Å². The molecule has 6 nitrogen and oxygen atoms in total. The van der Waals surface area contributed by atoms with Crippen LogP contribution in [0.3, 0.4) is 0 Å². The molecule has 1 heterocycles. The number of benzene rings is 1. The molecule has 102 valence electrons. The van der Waals surface area contributed by atoms with E-state index in [1.807, 2.05) is 6.92 Å². The summed E-state index contributed by atoms with van der Waals surface area (Å²) in [6.45, 7) is 1.93. The van der Waals surface area contributed by atoms with E-state index in [9.17, 15) is 8.42 Å². The summed E-state index contributed by atoms with van der Waals surface area (Å²) >= 11 is 0. The minimum absolute atomic E-state index is 0.102. The molecule has 0 unspecified atom stereocenters. The molecule has 0 aliphatic heterocycles. The maximum Gasteiger partial charge on any atom is 0.238 e. The molecule has 4 N–H and O–H groups in total. The van der Waals surface area contributed by atoms with E-state index in [2.05, 4.69) is 14.9 Å². The molecule has 0 saturated heterocycles.